The third kappa shape index (κ3) is 2.75. The maximum Gasteiger partial charge on any atom is 0.331 e. The van der Waals surface area contributed by atoms with Gasteiger partial charge < -0.3 is 15.2 Å². The first-order valence-corrected chi connectivity index (χ1v) is 7.36. The summed E-state index contributed by atoms with van der Waals surface area (Å²) < 4.78 is 5.39. The minimum absolute atomic E-state index is 0.398. The first-order valence-electron chi connectivity index (χ1n) is 6.48. The first-order chi connectivity index (χ1) is 10.1. The number of ether oxygens (including phenoxy) is 1. The summed E-state index contributed by atoms with van der Waals surface area (Å²) in [4.78, 5) is 24.2. The number of carbonyl (C=O) groups excluding carboxylic acids is 1. The van der Waals surface area contributed by atoms with Gasteiger partial charge in [0.25, 0.3) is 5.91 Å². The zero-order valence-corrected chi connectivity index (χ0v) is 11.9. The molecular weight excluding hydrogens is 290 g/mol. The van der Waals surface area contributed by atoms with E-state index in [1.54, 1.807) is 35.7 Å². The summed E-state index contributed by atoms with van der Waals surface area (Å²) >= 11 is 1.30. The minimum atomic E-state index is -1.07. The Morgan fingerprint density at radius 1 is 1.33 bits per heavy atom. The van der Waals surface area contributed by atoms with Crippen LogP contribution in [0.2, 0.25) is 0 Å². The average Bonchev–Trinajstić information content (AvgIpc) is 3.14. The molecule has 1 atom stereocenters. The fourth-order valence-corrected chi connectivity index (χ4v) is 3.02. The van der Waals surface area contributed by atoms with E-state index in [-0.39, 0.29) is 0 Å². The standard InChI is InChI=1S/C15H13NO4S/c17-14(10-3-4-11-9(8-10)5-6-20-11)16-13(15(18)19)12-2-1-7-21-12/h1-4,7-8,13H,5-6H2,(H,16,17)(H,18,19). The van der Waals surface area contributed by atoms with Crippen molar-refractivity contribution in [1.82, 2.24) is 5.32 Å². The fraction of sp³-hybridized carbons (Fsp3) is 0.200. The van der Waals surface area contributed by atoms with E-state index < -0.39 is 17.9 Å². The number of thiophene rings is 1. The number of rotatable bonds is 4. The van der Waals surface area contributed by atoms with Crippen LogP contribution in [0.4, 0.5) is 0 Å². The van der Waals surface area contributed by atoms with Gasteiger partial charge in [-0.25, -0.2) is 4.79 Å². The number of aliphatic carboxylic acids is 1. The van der Waals surface area contributed by atoms with Crippen molar-refractivity contribution in [3.05, 3.63) is 51.7 Å². The van der Waals surface area contributed by atoms with E-state index in [0.717, 1.165) is 17.7 Å². The lowest BCUT2D eigenvalue weighted by Crippen LogP contribution is -2.33. The molecule has 21 heavy (non-hydrogen) atoms. The van der Waals surface area contributed by atoms with Crippen molar-refractivity contribution in [2.75, 3.05) is 6.61 Å². The zero-order valence-electron chi connectivity index (χ0n) is 11.0. The second-order valence-electron chi connectivity index (χ2n) is 4.68. The lowest BCUT2D eigenvalue weighted by Gasteiger charge is -2.13. The van der Waals surface area contributed by atoms with Crippen LogP contribution in [-0.4, -0.2) is 23.6 Å². The van der Waals surface area contributed by atoms with E-state index in [0.29, 0.717) is 17.0 Å². The molecule has 1 amide bonds. The number of amides is 1. The Hall–Kier alpha value is -2.34. The highest BCUT2D eigenvalue weighted by Crippen LogP contribution is 2.26. The van der Waals surface area contributed by atoms with E-state index in [9.17, 15) is 14.7 Å². The molecule has 1 aromatic heterocycles. The van der Waals surface area contributed by atoms with E-state index in [4.69, 9.17) is 4.74 Å². The third-order valence-electron chi connectivity index (χ3n) is 3.30. The number of fused-ring (bicyclic) bond motifs is 1. The highest BCUT2D eigenvalue weighted by Gasteiger charge is 2.24. The zero-order chi connectivity index (χ0) is 14.8. The molecule has 0 saturated carbocycles. The number of hydrogen-bond donors (Lipinski definition) is 2. The normalized spacial score (nSPS) is 14.1. The molecule has 6 heteroatoms. The highest BCUT2D eigenvalue weighted by molar-refractivity contribution is 7.10. The van der Waals surface area contributed by atoms with Crippen molar-refractivity contribution in [3.63, 3.8) is 0 Å². The molecule has 0 spiro atoms. The topological polar surface area (TPSA) is 75.6 Å². The molecule has 0 aliphatic carbocycles. The van der Waals surface area contributed by atoms with E-state index in [1.165, 1.54) is 11.3 Å². The molecule has 2 N–H and O–H groups in total. The summed E-state index contributed by atoms with van der Waals surface area (Å²) in [6.07, 6.45) is 0.768. The van der Waals surface area contributed by atoms with Gasteiger partial charge in [0.2, 0.25) is 0 Å². The van der Waals surface area contributed by atoms with Crippen molar-refractivity contribution >= 4 is 23.2 Å². The van der Waals surface area contributed by atoms with E-state index in [2.05, 4.69) is 5.32 Å². The van der Waals surface area contributed by atoms with Crippen molar-refractivity contribution in [3.8, 4) is 5.75 Å². The van der Waals surface area contributed by atoms with Gasteiger partial charge in [-0.15, -0.1) is 11.3 Å². The lowest BCUT2D eigenvalue weighted by atomic mass is 10.1. The number of nitrogens with one attached hydrogen (secondary N) is 1. The van der Waals surface area contributed by atoms with Crippen molar-refractivity contribution < 1.29 is 19.4 Å². The van der Waals surface area contributed by atoms with Crippen LogP contribution in [0.5, 0.6) is 5.75 Å². The Kier molecular flexibility index (Phi) is 3.62. The second-order valence-corrected chi connectivity index (χ2v) is 5.66. The van der Waals surface area contributed by atoms with E-state index >= 15 is 0 Å². The van der Waals surface area contributed by atoms with Crippen LogP contribution in [0.1, 0.15) is 26.8 Å². The van der Waals surface area contributed by atoms with Gasteiger partial charge >= 0.3 is 5.97 Å². The molecule has 0 bridgehead atoms. The summed E-state index contributed by atoms with van der Waals surface area (Å²) in [7, 11) is 0. The minimum Gasteiger partial charge on any atom is -0.493 e. The quantitative estimate of drug-likeness (QED) is 0.908. The molecule has 1 aliphatic rings. The van der Waals surface area contributed by atoms with Crippen LogP contribution in [-0.2, 0) is 11.2 Å². The van der Waals surface area contributed by atoms with Crippen LogP contribution in [0.15, 0.2) is 35.7 Å². The summed E-state index contributed by atoms with van der Waals surface area (Å²) in [6.45, 7) is 0.618. The average molecular weight is 303 g/mol. The predicted octanol–water partition coefficient (Wildman–Crippen LogP) is 2.24. The molecule has 2 aromatic rings. The lowest BCUT2D eigenvalue weighted by molar-refractivity contribution is -0.139. The number of carboxylic acids is 1. The highest BCUT2D eigenvalue weighted by atomic mass is 32.1. The molecule has 1 aliphatic heterocycles. The first kappa shape index (κ1) is 13.6. The number of benzene rings is 1. The van der Waals surface area contributed by atoms with Gasteiger partial charge in [-0.1, -0.05) is 6.07 Å². The molecule has 0 saturated heterocycles. The molecule has 108 valence electrons. The van der Waals surface area contributed by atoms with Crippen molar-refractivity contribution in [1.29, 1.82) is 0 Å². The number of carboxylic acid groups (broad SMARTS) is 1. The van der Waals surface area contributed by atoms with Gasteiger partial charge in [0, 0.05) is 16.9 Å². The van der Waals surface area contributed by atoms with Gasteiger partial charge in [0.05, 0.1) is 6.61 Å². The molecule has 0 radical (unpaired) electrons. The fourth-order valence-electron chi connectivity index (χ4n) is 2.25. The van der Waals surface area contributed by atoms with E-state index in [1.807, 2.05) is 0 Å². The Bertz CT molecular complexity index is 681. The van der Waals surface area contributed by atoms with Crippen LogP contribution in [0.25, 0.3) is 0 Å². The molecule has 1 aromatic carbocycles. The number of carbonyl (C=O) groups is 2. The SMILES string of the molecule is O=C(NC(C(=O)O)c1cccs1)c1ccc2c(c1)CCO2. The Balaban J connectivity index is 1.80. The molecule has 1 unspecified atom stereocenters. The van der Waals surface area contributed by atoms with Gasteiger partial charge in [-0.3, -0.25) is 4.79 Å². The monoisotopic (exact) mass is 303 g/mol. The van der Waals surface area contributed by atoms with Crippen LogP contribution in [0.3, 0.4) is 0 Å². The molecule has 3 rings (SSSR count). The smallest absolute Gasteiger partial charge is 0.331 e. The molecule has 0 fully saturated rings. The molecule has 5 nitrogen and oxygen atoms in total. The summed E-state index contributed by atoms with van der Waals surface area (Å²) in [6, 6.07) is 7.58. The second kappa shape index (κ2) is 5.57. The van der Waals surface area contributed by atoms with Crippen molar-refractivity contribution in [2.24, 2.45) is 0 Å². The van der Waals surface area contributed by atoms with Gasteiger partial charge in [-0.2, -0.15) is 0 Å². The molecular formula is C15H13NO4S. The summed E-state index contributed by atoms with van der Waals surface area (Å²) in [5, 5.41) is 13.6. The Labute approximate surface area is 125 Å². The third-order valence-corrected chi connectivity index (χ3v) is 4.24. The van der Waals surface area contributed by atoms with Crippen LogP contribution < -0.4 is 10.1 Å². The van der Waals surface area contributed by atoms with Gasteiger partial charge in [-0.05, 0) is 35.2 Å². The Morgan fingerprint density at radius 3 is 2.90 bits per heavy atom. The summed E-state index contributed by atoms with van der Waals surface area (Å²) in [5.74, 6) is -0.680. The Morgan fingerprint density at radius 2 is 2.19 bits per heavy atom. The van der Waals surface area contributed by atoms with Crippen LogP contribution in [0, 0.1) is 0 Å². The predicted molar refractivity (Wildman–Crippen MR) is 77.8 cm³/mol. The van der Waals surface area contributed by atoms with Gasteiger partial charge in [0.15, 0.2) is 6.04 Å². The largest absolute Gasteiger partial charge is 0.493 e. The van der Waals surface area contributed by atoms with Crippen LogP contribution >= 0.6 is 11.3 Å². The molecule has 2 heterocycles. The van der Waals surface area contributed by atoms with Crippen molar-refractivity contribution in [2.45, 2.75) is 12.5 Å². The number of hydrogen-bond acceptors (Lipinski definition) is 4. The summed E-state index contributed by atoms with van der Waals surface area (Å²) in [5.41, 5.74) is 1.42. The maximum atomic E-state index is 12.2. The van der Waals surface area contributed by atoms with Gasteiger partial charge in [0.1, 0.15) is 5.75 Å². The maximum absolute atomic E-state index is 12.2.